The average molecular weight is 801 g/mol. The van der Waals surface area contributed by atoms with Gasteiger partial charge in [0.1, 0.15) is 30.5 Å². The van der Waals surface area contributed by atoms with E-state index in [2.05, 4.69) is 87.7 Å². The fourth-order valence-electron chi connectivity index (χ4n) is 5.51. The summed E-state index contributed by atoms with van der Waals surface area (Å²) < 4.78 is 41.2. The van der Waals surface area contributed by atoms with E-state index < -0.39 is 71.5 Å². The fraction of sp³-hybridized carbons (Fsp3) is 0.710. The van der Waals surface area contributed by atoms with Gasteiger partial charge in [0.15, 0.2) is 27.8 Å². The van der Waals surface area contributed by atoms with Gasteiger partial charge in [0, 0.05) is 19.0 Å². The standard InChI is InChI=1S/C31H53N8O9PSSi2/c1-30(2,3)51(7,8)44-16-21-18(13-23(46-21)38-12-11-22(32)35-29(38)41)47-49(42,50)43-15-20-19(48-52(9,10)31(4,5)6)14-24(45-20)39-17-34-25-26(39)36-28(33)37-27(25)40/h11-12,17-21,23-24H,13-16H2,1-10H3,(H,42,50)(H2,32,35,41)(H3,33,36,37,40). The van der Waals surface area contributed by atoms with Crippen LogP contribution in [0.5, 0.6) is 0 Å². The molecule has 0 amide bonds. The molecule has 0 radical (unpaired) electrons. The lowest BCUT2D eigenvalue weighted by Gasteiger charge is -2.39. The second-order valence-corrected chi connectivity index (χ2v) is 28.8. The number of anilines is 2. The first-order valence-corrected chi connectivity index (χ1v) is 25.6. The first-order chi connectivity index (χ1) is 23.9. The molecule has 5 rings (SSSR count). The minimum Gasteiger partial charge on any atom is -0.414 e. The van der Waals surface area contributed by atoms with Crippen molar-refractivity contribution >= 4 is 58.1 Å². The Morgan fingerprint density at radius 2 is 1.56 bits per heavy atom. The smallest absolute Gasteiger partial charge is 0.351 e. The molecule has 17 nitrogen and oxygen atoms in total. The van der Waals surface area contributed by atoms with E-state index in [1.165, 1.54) is 23.2 Å². The van der Waals surface area contributed by atoms with Crippen LogP contribution in [0, 0.1) is 0 Å². The van der Waals surface area contributed by atoms with E-state index in [9.17, 15) is 14.5 Å². The highest BCUT2D eigenvalue weighted by atomic mass is 32.5. The van der Waals surface area contributed by atoms with E-state index in [4.69, 9.17) is 50.6 Å². The largest absolute Gasteiger partial charge is 0.414 e. The zero-order chi connectivity index (χ0) is 38.6. The van der Waals surface area contributed by atoms with Crippen LogP contribution in [0.3, 0.4) is 0 Å². The van der Waals surface area contributed by atoms with Crippen LogP contribution >= 0.6 is 6.72 Å². The van der Waals surface area contributed by atoms with E-state index in [-0.39, 0.29) is 52.6 Å². The Labute approximate surface area is 310 Å². The summed E-state index contributed by atoms with van der Waals surface area (Å²) >= 11 is 5.56. The number of nitrogens with zero attached hydrogens (tertiary/aromatic N) is 5. The second kappa shape index (κ2) is 14.7. The van der Waals surface area contributed by atoms with Crippen molar-refractivity contribution < 1.29 is 32.3 Å². The zero-order valence-corrected chi connectivity index (χ0v) is 35.2. The first-order valence-electron chi connectivity index (χ1n) is 17.2. The van der Waals surface area contributed by atoms with Crippen molar-refractivity contribution in [3.63, 3.8) is 0 Å². The van der Waals surface area contributed by atoms with Crippen LogP contribution < -0.4 is 22.7 Å². The van der Waals surface area contributed by atoms with Gasteiger partial charge in [-0.25, -0.2) is 9.78 Å². The molecule has 0 aromatic carbocycles. The van der Waals surface area contributed by atoms with Gasteiger partial charge in [0.05, 0.1) is 31.7 Å². The molecular formula is C31H53N8O9PSSi2. The highest BCUT2D eigenvalue weighted by molar-refractivity contribution is 8.07. The SMILES string of the molecule is CC(C)(C)[Si](C)(C)OCC1OC(n2ccc(N)nc2=O)CC1OP(O)(=S)OCC1OC(n2cnc3c(=O)[nH]c(N)nc32)CC1O[Si](C)(C)C(C)(C)C. The summed E-state index contributed by atoms with van der Waals surface area (Å²) in [6.07, 6.45) is -0.470. The number of nitrogen functional groups attached to an aromatic ring is 2. The van der Waals surface area contributed by atoms with E-state index in [0.717, 1.165) is 0 Å². The molecule has 0 spiro atoms. The third kappa shape index (κ3) is 8.94. The van der Waals surface area contributed by atoms with Gasteiger partial charge in [-0.15, -0.1) is 0 Å². The Hall–Kier alpha value is -2.37. The number of hydrogen-bond donors (Lipinski definition) is 4. The topological polar surface area (TPSA) is 226 Å². The molecule has 0 aliphatic carbocycles. The van der Waals surface area contributed by atoms with Gasteiger partial charge >= 0.3 is 12.4 Å². The molecule has 2 aliphatic heterocycles. The summed E-state index contributed by atoms with van der Waals surface area (Å²) in [7, 11) is -4.54. The van der Waals surface area contributed by atoms with Crippen molar-refractivity contribution in [2.75, 3.05) is 24.7 Å². The van der Waals surface area contributed by atoms with Crippen molar-refractivity contribution in [3.8, 4) is 0 Å². The van der Waals surface area contributed by atoms with E-state index in [1.54, 1.807) is 4.57 Å². The molecule has 0 saturated carbocycles. The predicted molar refractivity (Wildman–Crippen MR) is 205 cm³/mol. The molecule has 3 aromatic heterocycles. The molecular weight excluding hydrogens is 748 g/mol. The van der Waals surface area contributed by atoms with Gasteiger partial charge < -0.3 is 43.7 Å². The van der Waals surface area contributed by atoms with Gasteiger partial charge in [-0.05, 0) is 54.1 Å². The van der Waals surface area contributed by atoms with Gasteiger partial charge in [-0.3, -0.25) is 18.9 Å². The Bertz CT molecular complexity index is 1930. The second-order valence-electron chi connectivity index (χ2n) is 16.4. The molecule has 7 unspecified atom stereocenters. The summed E-state index contributed by atoms with van der Waals surface area (Å²) in [4.78, 5) is 51.5. The summed E-state index contributed by atoms with van der Waals surface area (Å²) in [6, 6.07) is 1.51. The Balaban J connectivity index is 1.35. The van der Waals surface area contributed by atoms with Crippen LogP contribution in [0.2, 0.25) is 36.3 Å². The molecule has 2 saturated heterocycles. The minimum absolute atomic E-state index is 0.0481. The quantitative estimate of drug-likeness (QED) is 0.149. The van der Waals surface area contributed by atoms with Crippen LogP contribution in [-0.4, -0.2) is 88.2 Å². The average Bonchev–Trinajstić information content (AvgIpc) is 3.70. The summed E-state index contributed by atoms with van der Waals surface area (Å²) in [5.74, 6) is 0.0413. The lowest BCUT2D eigenvalue weighted by atomic mass is 10.2. The number of fused-ring (bicyclic) bond motifs is 1. The predicted octanol–water partition coefficient (Wildman–Crippen LogP) is 4.15. The summed E-state index contributed by atoms with van der Waals surface area (Å²) in [6.45, 7) is 17.4. The number of ether oxygens (including phenoxy) is 2. The van der Waals surface area contributed by atoms with Crippen LogP contribution in [0.25, 0.3) is 11.2 Å². The van der Waals surface area contributed by atoms with Gasteiger partial charge in [-0.2, -0.15) is 9.97 Å². The number of imidazole rings is 1. The molecule has 5 heterocycles. The van der Waals surface area contributed by atoms with Crippen molar-refractivity contribution in [2.24, 2.45) is 0 Å². The first kappa shape index (κ1) is 40.8. The number of aromatic amines is 1. The van der Waals surface area contributed by atoms with Crippen molar-refractivity contribution in [3.05, 3.63) is 39.4 Å². The van der Waals surface area contributed by atoms with Gasteiger partial charge in [0.25, 0.3) is 5.56 Å². The molecule has 0 bridgehead atoms. The molecule has 7 atom stereocenters. The number of rotatable bonds is 12. The monoisotopic (exact) mass is 800 g/mol. The lowest BCUT2D eigenvalue weighted by molar-refractivity contribution is -0.0495. The van der Waals surface area contributed by atoms with Crippen LogP contribution in [0.4, 0.5) is 11.8 Å². The lowest BCUT2D eigenvalue weighted by Crippen LogP contribution is -2.46. The van der Waals surface area contributed by atoms with Crippen LogP contribution in [0.1, 0.15) is 66.8 Å². The third-order valence-electron chi connectivity index (χ3n) is 10.6. The zero-order valence-electron chi connectivity index (χ0n) is 31.5. The third-order valence-corrected chi connectivity index (χ3v) is 21.2. The normalized spacial score (nSPS) is 25.9. The van der Waals surface area contributed by atoms with Gasteiger partial charge in [0.2, 0.25) is 5.95 Å². The van der Waals surface area contributed by atoms with E-state index in [0.29, 0.717) is 6.42 Å². The fourth-order valence-corrected chi connectivity index (χ4v) is 9.35. The minimum atomic E-state index is -3.94. The highest BCUT2D eigenvalue weighted by Crippen LogP contribution is 2.50. The molecule has 52 heavy (non-hydrogen) atoms. The maximum absolute atomic E-state index is 12.7. The summed E-state index contributed by atoms with van der Waals surface area (Å²) in [5.41, 5.74) is 10.9. The Morgan fingerprint density at radius 3 is 2.17 bits per heavy atom. The maximum atomic E-state index is 12.7. The Morgan fingerprint density at radius 1 is 0.962 bits per heavy atom. The van der Waals surface area contributed by atoms with Gasteiger partial charge in [-0.1, -0.05) is 41.5 Å². The molecule has 6 N–H and O–H groups in total. The number of hydrogen-bond acceptors (Lipinski definition) is 14. The molecule has 2 fully saturated rings. The molecule has 290 valence electrons. The van der Waals surface area contributed by atoms with Crippen molar-refractivity contribution in [1.29, 1.82) is 0 Å². The number of aromatic nitrogens is 6. The van der Waals surface area contributed by atoms with Crippen molar-refractivity contribution in [2.45, 2.75) is 128 Å². The molecule has 21 heteroatoms. The van der Waals surface area contributed by atoms with E-state index >= 15 is 0 Å². The number of nitrogens with two attached hydrogens (primary N) is 2. The van der Waals surface area contributed by atoms with E-state index in [1.807, 2.05) is 0 Å². The van der Waals surface area contributed by atoms with Crippen LogP contribution in [-0.2, 0) is 39.2 Å². The molecule has 3 aromatic rings. The maximum Gasteiger partial charge on any atom is 0.351 e. The molecule has 2 aliphatic rings. The number of H-pyrrole nitrogens is 1. The number of nitrogens with one attached hydrogen (secondary N) is 1. The van der Waals surface area contributed by atoms with Crippen LogP contribution in [0.15, 0.2) is 28.2 Å². The van der Waals surface area contributed by atoms with Crippen molar-refractivity contribution in [1.82, 2.24) is 29.1 Å². The summed E-state index contributed by atoms with van der Waals surface area (Å²) in [5, 5.41) is -0.184. The Kier molecular flexibility index (Phi) is 11.5. The highest BCUT2D eigenvalue weighted by Gasteiger charge is 2.47.